The Morgan fingerprint density at radius 2 is 1.91 bits per heavy atom. The van der Waals surface area contributed by atoms with Gasteiger partial charge in [-0.25, -0.2) is 22.6 Å². The molecule has 0 spiro atoms. The van der Waals surface area contributed by atoms with Gasteiger partial charge in [-0.15, -0.1) is 0 Å². The molecule has 1 aliphatic rings. The van der Waals surface area contributed by atoms with Crippen LogP contribution < -0.4 is 0 Å². The first-order valence-corrected chi connectivity index (χ1v) is 11.5. The first-order chi connectivity index (χ1) is 15.1. The first kappa shape index (κ1) is 22.4. The molecule has 0 N–H and O–H groups in total. The Morgan fingerprint density at radius 1 is 1.22 bits per heavy atom. The summed E-state index contributed by atoms with van der Waals surface area (Å²) in [6.07, 6.45) is 0.739. The summed E-state index contributed by atoms with van der Waals surface area (Å²) in [4.78, 5) is 29.0. The molecule has 4 rings (SSSR count). The number of rotatable bonds is 5. The van der Waals surface area contributed by atoms with E-state index in [2.05, 4.69) is 9.72 Å². The smallest absolute Gasteiger partial charge is 0.379 e. The van der Waals surface area contributed by atoms with Crippen LogP contribution >= 0.6 is 11.6 Å². The van der Waals surface area contributed by atoms with E-state index >= 15 is 0 Å². The highest BCUT2D eigenvalue weighted by Crippen LogP contribution is 2.33. The third-order valence-electron chi connectivity index (χ3n) is 5.69. The third kappa shape index (κ3) is 3.68. The van der Waals surface area contributed by atoms with Gasteiger partial charge in [-0.3, -0.25) is 4.79 Å². The van der Waals surface area contributed by atoms with Crippen LogP contribution in [0, 0.1) is 5.82 Å². The topological polar surface area (TPSA) is 98.6 Å². The van der Waals surface area contributed by atoms with Crippen LogP contribution in [-0.4, -0.2) is 54.2 Å². The van der Waals surface area contributed by atoms with E-state index in [1.807, 2.05) is 0 Å². The van der Waals surface area contributed by atoms with Crippen molar-refractivity contribution in [2.24, 2.45) is 0 Å². The second-order valence-electron chi connectivity index (χ2n) is 7.43. The lowest BCUT2D eigenvalue weighted by atomic mass is 10.00. The van der Waals surface area contributed by atoms with Crippen LogP contribution in [0.4, 0.5) is 4.39 Å². The number of likely N-dealkylation sites (N-methyl/N-ethyl adjacent to an activating group) is 1. The number of hydrogen-bond acceptors (Lipinski definition) is 6. The number of carbonyl (C=O) groups excluding carboxylic acids is 2. The average Bonchev–Trinajstić information content (AvgIpc) is 3.10. The van der Waals surface area contributed by atoms with E-state index in [1.54, 1.807) is 10.6 Å². The molecular weight excluding hydrogens is 461 g/mol. The van der Waals surface area contributed by atoms with Gasteiger partial charge in [0, 0.05) is 30.7 Å². The molecule has 1 unspecified atom stereocenters. The van der Waals surface area contributed by atoms with Crippen LogP contribution in [-0.2, 0) is 32.5 Å². The minimum Gasteiger partial charge on any atom is -0.463 e. The Labute approximate surface area is 188 Å². The number of benzene rings is 1. The Bertz CT molecular complexity index is 1340. The molecule has 0 aliphatic carbocycles. The molecule has 11 heteroatoms. The van der Waals surface area contributed by atoms with Crippen molar-refractivity contribution in [1.29, 1.82) is 0 Å². The summed E-state index contributed by atoms with van der Waals surface area (Å²) < 4.78 is 46.9. The minimum atomic E-state index is -3.88. The Morgan fingerprint density at radius 3 is 2.56 bits per heavy atom. The number of methoxy groups -OCH3 is 1. The molecular formula is C21H19ClFN3O5S. The number of carbonyl (C=O) groups is 2. The molecule has 3 heterocycles. The number of ether oxygens (including phenoxy) is 1. The van der Waals surface area contributed by atoms with Crippen molar-refractivity contribution in [1.82, 2.24) is 13.9 Å². The molecule has 1 atom stereocenters. The second-order valence-corrected chi connectivity index (χ2v) is 9.81. The first-order valence-electron chi connectivity index (χ1n) is 9.69. The van der Waals surface area contributed by atoms with Gasteiger partial charge in [-0.1, -0.05) is 11.6 Å². The highest BCUT2D eigenvalue weighted by Gasteiger charge is 2.36. The number of hydrogen-bond donors (Lipinski definition) is 0. The van der Waals surface area contributed by atoms with Gasteiger partial charge in [-0.2, -0.15) is 4.31 Å². The molecule has 168 valence electrons. The summed E-state index contributed by atoms with van der Waals surface area (Å²) in [6, 6.07) is 7.29. The maximum Gasteiger partial charge on any atom is 0.379 e. The third-order valence-corrected chi connectivity index (χ3v) is 7.83. The number of halogens is 2. The predicted octanol–water partition coefficient (Wildman–Crippen LogP) is 2.82. The lowest BCUT2D eigenvalue weighted by Crippen LogP contribution is -2.42. The van der Waals surface area contributed by atoms with Crippen LogP contribution in [0.25, 0.3) is 11.0 Å². The van der Waals surface area contributed by atoms with Gasteiger partial charge in [0.2, 0.25) is 10.0 Å². The van der Waals surface area contributed by atoms with E-state index < -0.39 is 33.6 Å². The molecule has 0 saturated carbocycles. The van der Waals surface area contributed by atoms with Crippen LogP contribution in [0.3, 0.4) is 0 Å². The normalized spacial score (nSPS) is 16.2. The lowest BCUT2D eigenvalue weighted by Gasteiger charge is -2.32. The van der Waals surface area contributed by atoms with E-state index in [0.29, 0.717) is 29.6 Å². The summed E-state index contributed by atoms with van der Waals surface area (Å²) in [7, 11) is -1.29. The molecule has 8 nitrogen and oxygen atoms in total. The van der Waals surface area contributed by atoms with Gasteiger partial charge >= 0.3 is 5.97 Å². The van der Waals surface area contributed by atoms with Gasteiger partial charge in [0.05, 0.1) is 17.6 Å². The molecule has 0 amide bonds. The molecule has 32 heavy (non-hydrogen) atoms. The predicted molar refractivity (Wildman–Crippen MR) is 115 cm³/mol. The SMILES string of the molecule is COC(=O)C(=O)c1c2n(c3nc(Cl)ccc13)CC(N(C)S(=O)(=O)c1ccc(F)cc1)CC2. The number of ketones is 1. The Kier molecular flexibility index (Phi) is 5.78. The molecule has 1 aliphatic heterocycles. The average molecular weight is 480 g/mol. The molecule has 1 aromatic carbocycles. The van der Waals surface area contributed by atoms with E-state index in [-0.39, 0.29) is 22.2 Å². The van der Waals surface area contributed by atoms with E-state index in [9.17, 15) is 22.4 Å². The summed E-state index contributed by atoms with van der Waals surface area (Å²) in [6.45, 7) is 0.199. The summed E-state index contributed by atoms with van der Waals surface area (Å²) in [5, 5.41) is 0.647. The van der Waals surface area contributed by atoms with Gasteiger partial charge in [0.15, 0.2) is 0 Å². The summed E-state index contributed by atoms with van der Waals surface area (Å²) >= 11 is 6.07. The largest absolute Gasteiger partial charge is 0.463 e. The fourth-order valence-electron chi connectivity index (χ4n) is 4.02. The fourth-order valence-corrected chi connectivity index (χ4v) is 5.54. The number of esters is 1. The maximum absolute atomic E-state index is 13.2. The molecule has 0 radical (unpaired) electrons. The minimum absolute atomic E-state index is 0.0210. The highest BCUT2D eigenvalue weighted by molar-refractivity contribution is 7.89. The quantitative estimate of drug-likeness (QED) is 0.241. The van der Waals surface area contributed by atoms with Crippen molar-refractivity contribution in [3.05, 3.63) is 58.6 Å². The van der Waals surface area contributed by atoms with Crippen molar-refractivity contribution in [3.63, 3.8) is 0 Å². The zero-order chi connectivity index (χ0) is 23.2. The van der Waals surface area contributed by atoms with Crippen LogP contribution in [0.2, 0.25) is 5.15 Å². The monoisotopic (exact) mass is 479 g/mol. The van der Waals surface area contributed by atoms with Crippen molar-refractivity contribution in [2.45, 2.75) is 30.3 Å². The van der Waals surface area contributed by atoms with Crippen LogP contribution in [0.15, 0.2) is 41.3 Å². The fraction of sp³-hybridized carbons (Fsp3) is 0.286. The molecule has 3 aromatic rings. The number of Topliss-reactive ketones (excluding diaryl/α,β-unsaturated/α-hetero) is 1. The number of nitrogens with zero attached hydrogens (tertiary/aromatic N) is 3. The Balaban J connectivity index is 1.76. The number of aromatic nitrogens is 2. The van der Waals surface area contributed by atoms with Crippen LogP contribution in [0.1, 0.15) is 22.5 Å². The van der Waals surface area contributed by atoms with Gasteiger partial charge < -0.3 is 9.30 Å². The zero-order valence-electron chi connectivity index (χ0n) is 17.2. The summed E-state index contributed by atoms with van der Waals surface area (Å²) in [5.74, 6) is -2.31. The maximum atomic E-state index is 13.2. The zero-order valence-corrected chi connectivity index (χ0v) is 18.8. The van der Waals surface area contributed by atoms with E-state index in [1.165, 1.54) is 29.6 Å². The number of sulfonamides is 1. The number of pyridine rings is 1. The Hall–Kier alpha value is -2.82. The van der Waals surface area contributed by atoms with Crippen molar-refractivity contribution >= 4 is 44.4 Å². The van der Waals surface area contributed by atoms with Gasteiger partial charge in [-0.05, 0) is 49.2 Å². The molecule has 0 fully saturated rings. The molecule has 2 aromatic heterocycles. The van der Waals surface area contributed by atoms with Crippen molar-refractivity contribution in [3.8, 4) is 0 Å². The van der Waals surface area contributed by atoms with Crippen LogP contribution in [0.5, 0.6) is 0 Å². The lowest BCUT2D eigenvalue weighted by molar-refractivity contribution is -0.135. The van der Waals surface area contributed by atoms with E-state index in [0.717, 1.165) is 19.2 Å². The second kappa shape index (κ2) is 8.27. The summed E-state index contributed by atoms with van der Waals surface area (Å²) in [5.41, 5.74) is 1.16. The highest BCUT2D eigenvalue weighted by atomic mass is 35.5. The molecule has 0 saturated heterocycles. The van der Waals surface area contributed by atoms with E-state index in [4.69, 9.17) is 11.6 Å². The number of fused-ring (bicyclic) bond motifs is 3. The van der Waals surface area contributed by atoms with Gasteiger partial charge in [0.25, 0.3) is 5.78 Å². The van der Waals surface area contributed by atoms with Gasteiger partial charge in [0.1, 0.15) is 16.6 Å². The standard InChI is InChI=1S/C21H19ClFN3O5S/c1-25(32(29,30)14-6-3-12(23)4-7-14)13-5-9-16-18(19(27)21(28)31-2)15-8-10-17(22)24-20(15)26(16)11-13/h3-4,6-8,10,13H,5,9,11H2,1-2H3. The van der Waals surface area contributed by atoms with Crippen molar-refractivity contribution < 1.29 is 27.1 Å². The van der Waals surface area contributed by atoms with Crippen molar-refractivity contribution in [2.75, 3.05) is 14.2 Å². The molecule has 0 bridgehead atoms.